The number of ether oxygens (including phenoxy) is 1. The lowest BCUT2D eigenvalue weighted by Gasteiger charge is -2.22. The van der Waals surface area contributed by atoms with E-state index in [2.05, 4.69) is 5.32 Å². The number of hydrogen-bond donors (Lipinski definition) is 1. The third-order valence-corrected chi connectivity index (χ3v) is 7.81. The van der Waals surface area contributed by atoms with Gasteiger partial charge in [-0.05, 0) is 49.9 Å². The zero-order chi connectivity index (χ0) is 24.6. The average molecular weight is 495 g/mol. The lowest BCUT2D eigenvalue weighted by molar-refractivity contribution is -0.122. The summed E-state index contributed by atoms with van der Waals surface area (Å²) in [5, 5.41) is 3.16. The topological polar surface area (TPSA) is 75.7 Å². The van der Waals surface area contributed by atoms with Crippen LogP contribution in [-0.2, 0) is 20.7 Å². The number of para-hydroxylation sites is 1. The second-order valence-corrected chi connectivity index (χ2v) is 10.4. The number of nitrogens with zero attached hydrogens (tertiary/aromatic N) is 1. The quantitative estimate of drug-likeness (QED) is 0.426. The number of nitrogens with one attached hydrogen (secondary N) is 1. The highest BCUT2D eigenvalue weighted by Crippen LogP contribution is 2.32. The van der Waals surface area contributed by atoms with Crippen molar-refractivity contribution in [2.45, 2.75) is 75.3 Å². The second kappa shape index (κ2) is 12.2. The Bertz CT molecular complexity index is 1050. The van der Waals surface area contributed by atoms with E-state index in [0.29, 0.717) is 10.5 Å². The molecule has 1 aliphatic carbocycles. The summed E-state index contributed by atoms with van der Waals surface area (Å²) in [4.78, 5) is 40.7. The van der Waals surface area contributed by atoms with Gasteiger partial charge in [0, 0.05) is 22.7 Å². The number of benzene rings is 2. The molecule has 1 heterocycles. The van der Waals surface area contributed by atoms with E-state index in [1.165, 1.54) is 31.0 Å². The van der Waals surface area contributed by atoms with Crippen LogP contribution in [0.1, 0.15) is 67.8 Å². The molecule has 1 atom stereocenters. The maximum absolute atomic E-state index is 12.9. The number of hydrogen-bond acceptors (Lipinski definition) is 5. The van der Waals surface area contributed by atoms with Crippen LogP contribution < -0.4 is 10.2 Å². The fourth-order valence-electron chi connectivity index (χ4n) is 4.99. The lowest BCUT2D eigenvalue weighted by atomic mass is 9.97. The molecule has 2 aliphatic rings. The Morgan fingerprint density at radius 2 is 1.66 bits per heavy atom. The van der Waals surface area contributed by atoms with Crippen molar-refractivity contribution in [3.8, 4) is 0 Å². The average Bonchev–Trinajstić information content (AvgIpc) is 3.18. The first-order valence-corrected chi connectivity index (χ1v) is 13.6. The standard InChI is InChI=1S/C28H34N2O4S/c1-20-17-21-11-7-9-15-24(21)30(20)27(32)18-34-28(33)23-14-8-10-16-25(23)35-19-26(31)29-22-12-5-3-2-4-6-13-22/h7-11,14-16,20,22H,2-6,12-13,17-19H2,1H3,(H,29,31)/t20-/m1/s1. The molecule has 0 spiro atoms. The summed E-state index contributed by atoms with van der Waals surface area (Å²) in [6, 6.07) is 15.2. The van der Waals surface area contributed by atoms with Crippen LogP contribution in [0, 0.1) is 0 Å². The Morgan fingerprint density at radius 3 is 2.46 bits per heavy atom. The summed E-state index contributed by atoms with van der Waals surface area (Å²) in [5.41, 5.74) is 2.38. The van der Waals surface area contributed by atoms with Crippen molar-refractivity contribution in [1.29, 1.82) is 0 Å². The molecule has 2 amide bonds. The van der Waals surface area contributed by atoms with E-state index < -0.39 is 5.97 Å². The van der Waals surface area contributed by atoms with Crippen LogP contribution in [0.4, 0.5) is 5.69 Å². The summed E-state index contributed by atoms with van der Waals surface area (Å²) in [7, 11) is 0. The molecule has 2 aromatic carbocycles. The fourth-order valence-corrected chi connectivity index (χ4v) is 5.85. The number of thioether (sulfide) groups is 1. The first-order valence-electron chi connectivity index (χ1n) is 12.6. The third-order valence-electron chi connectivity index (χ3n) is 6.74. The minimum absolute atomic E-state index is 0.0133. The van der Waals surface area contributed by atoms with E-state index in [9.17, 15) is 14.4 Å². The molecule has 35 heavy (non-hydrogen) atoms. The van der Waals surface area contributed by atoms with Crippen LogP contribution in [0.25, 0.3) is 0 Å². The maximum atomic E-state index is 12.9. The number of anilines is 1. The molecule has 1 fully saturated rings. The molecule has 2 aromatic rings. The second-order valence-electron chi connectivity index (χ2n) is 9.42. The van der Waals surface area contributed by atoms with Gasteiger partial charge in [0.15, 0.2) is 6.61 Å². The lowest BCUT2D eigenvalue weighted by Crippen LogP contribution is -2.38. The first-order chi connectivity index (χ1) is 17.0. The van der Waals surface area contributed by atoms with Gasteiger partial charge in [0.1, 0.15) is 0 Å². The zero-order valence-corrected chi connectivity index (χ0v) is 21.1. The Hall–Kier alpha value is -2.80. The van der Waals surface area contributed by atoms with Crippen LogP contribution in [0.5, 0.6) is 0 Å². The molecule has 0 aromatic heterocycles. The third kappa shape index (κ3) is 6.66. The van der Waals surface area contributed by atoms with Gasteiger partial charge in [-0.15, -0.1) is 11.8 Å². The molecule has 4 rings (SSSR count). The Balaban J connectivity index is 1.30. The minimum Gasteiger partial charge on any atom is -0.452 e. The summed E-state index contributed by atoms with van der Waals surface area (Å²) < 4.78 is 5.42. The molecular formula is C28H34N2O4S. The molecule has 0 bridgehead atoms. The monoisotopic (exact) mass is 494 g/mol. The number of carbonyl (C=O) groups excluding carboxylic acids is 3. The maximum Gasteiger partial charge on any atom is 0.339 e. The van der Waals surface area contributed by atoms with Crippen molar-refractivity contribution in [2.75, 3.05) is 17.3 Å². The van der Waals surface area contributed by atoms with Gasteiger partial charge >= 0.3 is 5.97 Å². The van der Waals surface area contributed by atoms with E-state index in [1.807, 2.05) is 43.3 Å². The Labute approximate surface area is 211 Å². The largest absolute Gasteiger partial charge is 0.452 e. The van der Waals surface area contributed by atoms with E-state index in [0.717, 1.165) is 43.4 Å². The molecule has 0 radical (unpaired) electrons. The number of rotatable bonds is 7. The minimum atomic E-state index is -0.554. The van der Waals surface area contributed by atoms with E-state index >= 15 is 0 Å². The SMILES string of the molecule is C[C@@H]1Cc2ccccc2N1C(=O)COC(=O)c1ccccc1SCC(=O)NC1CCCCCCC1. The van der Waals surface area contributed by atoms with Crippen molar-refractivity contribution in [3.63, 3.8) is 0 Å². The van der Waals surface area contributed by atoms with Crippen LogP contribution in [0.2, 0.25) is 0 Å². The van der Waals surface area contributed by atoms with Crippen molar-refractivity contribution < 1.29 is 19.1 Å². The van der Waals surface area contributed by atoms with Gasteiger partial charge in [-0.2, -0.15) is 0 Å². The molecular weight excluding hydrogens is 460 g/mol. The molecule has 6 nitrogen and oxygen atoms in total. The number of fused-ring (bicyclic) bond motifs is 1. The number of amides is 2. The summed E-state index contributed by atoms with van der Waals surface area (Å²) in [6.07, 6.45) is 8.95. The van der Waals surface area contributed by atoms with Gasteiger partial charge < -0.3 is 15.0 Å². The summed E-state index contributed by atoms with van der Waals surface area (Å²) in [6.45, 7) is 1.67. The van der Waals surface area contributed by atoms with E-state index in [-0.39, 0.29) is 36.3 Å². The first kappa shape index (κ1) is 25.3. The molecule has 1 saturated carbocycles. The van der Waals surface area contributed by atoms with Crippen LogP contribution in [-0.4, -0.2) is 42.2 Å². The Kier molecular flexibility index (Phi) is 8.85. The van der Waals surface area contributed by atoms with Gasteiger partial charge in [-0.1, -0.05) is 62.4 Å². The van der Waals surface area contributed by atoms with Crippen molar-refractivity contribution >= 4 is 35.2 Å². The van der Waals surface area contributed by atoms with Gasteiger partial charge in [-0.3, -0.25) is 9.59 Å². The van der Waals surface area contributed by atoms with Crippen LogP contribution in [0.15, 0.2) is 53.4 Å². The highest BCUT2D eigenvalue weighted by molar-refractivity contribution is 8.00. The van der Waals surface area contributed by atoms with Gasteiger partial charge in [0.2, 0.25) is 5.91 Å². The smallest absolute Gasteiger partial charge is 0.339 e. The molecule has 0 unspecified atom stereocenters. The zero-order valence-electron chi connectivity index (χ0n) is 20.3. The fraction of sp³-hybridized carbons (Fsp3) is 0.464. The molecule has 1 N–H and O–H groups in total. The van der Waals surface area contributed by atoms with Crippen molar-refractivity contribution in [1.82, 2.24) is 5.32 Å². The summed E-state index contributed by atoms with van der Waals surface area (Å²) >= 11 is 1.32. The predicted octanol–water partition coefficient (Wildman–Crippen LogP) is 5.14. The molecule has 0 saturated heterocycles. The van der Waals surface area contributed by atoms with Gasteiger partial charge in [0.25, 0.3) is 5.91 Å². The van der Waals surface area contributed by atoms with Crippen molar-refractivity contribution in [2.24, 2.45) is 0 Å². The summed E-state index contributed by atoms with van der Waals surface area (Å²) in [5.74, 6) is -0.566. The normalized spacial score (nSPS) is 18.3. The molecule has 1 aliphatic heterocycles. The van der Waals surface area contributed by atoms with Crippen LogP contribution in [0.3, 0.4) is 0 Å². The van der Waals surface area contributed by atoms with Crippen LogP contribution >= 0.6 is 11.8 Å². The highest BCUT2D eigenvalue weighted by atomic mass is 32.2. The van der Waals surface area contributed by atoms with E-state index in [4.69, 9.17) is 4.74 Å². The van der Waals surface area contributed by atoms with Crippen molar-refractivity contribution in [3.05, 3.63) is 59.7 Å². The van der Waals surface area contributed by atoms with E-state index in [1.54, 1.807) is 17.0 Å². The van der Waals surface area contributed by atoms with Gasteiger partial charge in [-0.25, -0.2) is 4.79 Å². The highest BCUT2D eigenvalue weighted by Gasteiger charge is 2.31. The predicted molar refractivity (Wildman–Crippen MR) is 139 cm³/mol. The number of carbonyl (C=O) groups is 3. The van der Waals surface area contributed by atoms with Gasteiger partial charge in [0.05, 0.1) is 11.3 Å². The Morgan fingerprint density at radius 1 is 0.971 bits per heavy atom. The molecule has 186 valence electrons. The molecule has 7 heteroatoms. The number of esters is 1.